The van der Waals surface area contributed by atoms with E-state index in [1.807, 2.05) is 0 Å². The van der Waals surface area contributed by atoms with Gasteiger partial charge in [-0.15, -0.1) is 0 Å². The summed E-state index contributed by atoms with van der Waals surface area (Å²) in [5.74, 6) is 0.820. The fourth-order valence-corrected chi connectivity index (χ4v) is 2.67. The predicted molar refractivity (Wildman–Crippen MR) is 80.2 cm³/mol. The lowest BCUT2D eigenvalue weighted by atomic mass is 9.88. The van der Waals surface area contributed by atoms with Crippen molar-refractivity contribution in [2.24, 2.45) is 5.41 Å². The third-order valence-electron chi connectivity index (χ3n) is 4.00. The number of rotatable bonds is 8. The van der Waals surface area contributed by atoms with Gasteiger partial charge in [0.15, 0.2) is 0 Å². The van der Waals surface area contributed by atoms with Gasteiger partial charge in [-0.1, -0.05) is 38.1 Å². The molecule has 1 aromatic rings. The Balaban J connectivity index is 1.82. The van der Waals surface area contributed by atoms with Gasteiger partial charge in [-0.05, 0) is 48.1 Å². The van der Waals surface area contributed by atoms with Crippen molar-refractivity contribution in [3.05, 3.63) is 35.4 Å². The molecule has 2 N–H and O–H groups in total. The monoisotopic (exact) mass is 261 g/mol. The highest BCUT2D eigenvalue weighted by Crippen LogP contribution is 2.41. The molecule has 1 aromatic carbocycles. The topological polar surface area (TPSA) is 32.3 Å². The fourth-order valence-electron chi connectivity index (χ4n) is 2.67. The van der Waals surface area contributed by atoms with Gasteiger partial charge in [0, 0.05) is 19.7 Å². The van der Waals surface area contributed by atoms with Crippen LogP contribution in [0.1, 0.15) is 56.6 Å². The number of hydrogen-bond donors (Lipinski definition) is 2. The molecule has 0 aliphatic heterocycles. The van der Waals surface area contributed by atoms with Crippen LogP contribution in [-0.4, -0.2) is 18.3 Å². The van der Waals surface area contributed by atoms with Gasteiger partial charge in [-0.25, -0.2) is 0 Å². The molecule has 2 nitrogen and oxygen atoms in total. The number of aliphatic hydroxyl groups is 1. The fraction of sp³-hybridized carbons (Fsp3) is 0.647. The van der Waals surface area contributed by atoms with E-state index in [1.54, 1.807) is 5.56 Å². The van der Waals surface area contributed by atoms with Gasteiger partial charge < -0.3 is 10.4 Å². The van der Waals surface area contributed by atoms with Gasteiger partial charge in [0.05, 0.1) is 0 Å². The molecular formula is C17H27NO. The lowest BCUT2D eigenvalue weighted by Crippen LogP contribution is -2.29. The van der Waals surface area contributed by atoms with Gasteiger partial charge in [-0.2, -0.15) is 0 Å². The average molecular weight is 261 g/mol. The Labute approximate surface area is 117 Å². The summed E-state index contributed by atoms with van der Waals surface area (Å²) in [5, 5.41) is 12.5. The molecule has 0 radical (unpaired) electrons. The van der Waals surface area contributed by atoms with Crippen LogP contribution >= 0.6 is 0 Å². The highest BCUT2D eigenvalue weighted by molar-refractivity contribution is 5.33. The molecular weight excluding hydrogens is 234 g/mol. The molecule has 0 aromatic heterocycles. The molecule has 1 saturated carbocycles. The summed E-state index contributed by atoms with van der Waals surface area (Å²) in [7, 11) is 0. The maximum atomic E-state index is 8.92. The molecule has 1 aliphatic carbocycles. The Kier molecular flexibility index (Phi) is 5.00. The zero-order valence-corrected chi connectivity index (χ0v) is 12.3. The van der Waals surface area contributed by atoms with E-state index in [-0.39, 0.29) is 5.41 Å². The van der Waals surface area contributed by atoms with Crippen LogP contribution in [0.2, 0.25) is 0 Å². The van der Waals surface area contributed by atoms with Crippen LogP contribution in [0.15, 0.2) is 24.3 Å². The summed E-state index contributed by atoms with van der Waals surface area (Å²) in [4.78, 5) is 0. The van der Waals surface area contributed by atoms with E-state index in [9.17, 15) is 0 Å². The van der Waals surface area contributed by atoms with Crippen LogP contribution in [0.5, 0.6) is 0 Å². The Morgan fingerprint density at radius 3 is 2.68 bits per heavy atom. The summed E-state index contributed by atoms with van der Waals surface area (Å²) in [6, 6.07) is 8.83. The van der Waals surface area contributed by atoms with E-state index < -0.39 is 0 Å². The quantitative estimate of drug-likeness (QED) is 0.751. The summed E-state index contributed by atoms with van der Waals surface area (Å²) in [6.45, 7) is 6.81. The Morgan fingerprint density at radius 2 is 2.00 bits per heavy atom. The molecule has 0 amide bonds. The van der Waals surface area contributed by atoms with E-state index in [1.165, 1.54) is 18.4 Å². The molecule has 0 saturated heterocycles. The first kappa shape index (κ1) is 14.5. The van der Waals surface area contributed by atoms with Crippen LogP contribution in [0.4, 0.5) is 0 Å². The van der Waals surface area contributed by atoms with E-state index in [2.05, 4.69) is 43.4 Å². The minimum atomic E-state index is 0.261. The van der Waals surface area contributed by atoms with Crippen molar-refractivity contribution < 1.29 is 5.11 Å². The maximum absolute atomic E-state index is 8.92. The molecule has 1 aliphatic rings. The largest absolute Gasteiger partial charge is 0.396 e. The highest BCUT2D eigenvalue weighted by Gasteiger charge is 2.25. The van der Waals surface area contributed by atoms with Crippen LogP contribution < -0.4 is 5.32 Å². The van der Waals surface area contributed by atoms with E-state index in [4.69, 9.17) is 5.11 Å². The molecule has 19 heavy (non-hydrogen) atoms. The summed E-state index contributed by atoms with van der Waals surface area (Å²) in [6.07, 6.45) is 4.69. The number of nitrogens with one attached hydrogen (secondary N) is 1. The van der Waals surface area contributed by atoms with Gasteiger partial charge >= 0.3 is 0 Å². The summed E-state index contributed by atoms with van der Waals surface area (Å²) >= 11 is 0. The molecule has 2 heteroatoms. The smallest absolute Gasteiger partial charge is 0.0431 e. The summed E-state index contributed by atoms with van der Waals surface area (Å²) in [5.41, 5.74) is 3.27. The number of aliphatic hydroxyl groups excluding tert-OH is 1. The van der Waals surface area contributed by atoms with Gasteiger partial charge in [0.2, 0.25) is 0 Å². The summed E-state index contributed by atoms with van der Waals surface area (Å²) < 4.78 is 0. The van der Waals surface area contributed by atoms with Crippen LogP contribution in [0.25, 0.3) is 0 Å². The molecule has 0 atom stereocenters. The molecule has 0 heterocycles. The van der Waals surface area contributed by atoms with E-state index in [0.29, 0.717) is 6.61 Å². The Hall–Kier alpha value is -0.860. The van der Waals surface area contributed by atoms with Crippen molar-refractivity contribution in [1.29, 1.82) is 0 Å². The zero-order valence-electron chi connectivity index (χ0n) is 12.3. The first-order valence-electron chi connectivity index (χ1n) is 7.52. The highest BCUT2D eigenvalue weighted by atomic mass is 16.2. The van der Waals surface area contributed by atoms with Gasteiger partial charge in [0.1, 0.15) is 0 Å². The first-order chi connectivity index (χ1) is 9.12. The van der Waals surface area contributed by atoms with E-state index >= 15 is 0 Å². The van der Waals surface area contributed by atoms with Crippen LogP contribution in [0.3, 0.4) is 0 Å². The van der Waals surface area contributed by atoms with Crippen molar-refractivity contribution in [3.8, 4) is 0 Å². The number of hydrogen-bond acceptors (Lipinski definition) is 2. The second-order valence-corrected chi connectivity index (χ2v) is 6.57. The second kappa shape index (κ2) is 6.53. The Morgan fingerprint density at radius 1 is 1.26 bits per heavy atom. The van der Waals surface area contributed by atoms with Gasteiger partial charge in [0.25, 0.3) is 0 Å². The van der Waals surface area contributed by atoms with Crippen molar-refractivity contribution in [1.82, 2.24) is 5.32 Å². The third-order valence-corrected chi connectivity index (χ3v) is 4.00. The Bertz CT molecular complexity index is 396. The zero-order chi connectivity index (χ0) is 13.7. The normalized spacial score (nSPS) is 15.7. The van der Waals surface area contributed by atoms with E-state index in [0.717, 1.165) is 31.8 Å². The van der Waals surface area contributed by atoms with Crippen molar-refractivity contribution >= 4 is 0 Å². The molecule has 0 unspecified atom stereocenters. The standard InChI is InChI=1S/C17H27NO/c1-17(2,10-5-11-19)13-18-12-15-6-3-4-7-16(15)14-8-9-14/h3-4,6-7,14,18-19H,5,8-13H2,1-2H3. The second-order valence-electron chi connectivity index (χ2n) is 6.57. The average Bonchev–Trinajstić information content (AvgIpc) is 3.21. The third kappa shape index (κ3) is 4.63. The van der Waals surface area contributed by atoms with Gasteiger partial charge in [-0.3, -0.25) is 0 Å². The minimum Gasteiger partial charge on any atom is -0.396 e. The van der Waals surface area contributed by atoms with Crippen molar-refractivity contribution in [2.75, 3.05) is 13.2 Å². The molecule has 0 bridgehead atoms. The SMILES string of the molecule is CC(C)(CCCO)CNCc1ccccc1C1CC1. The maximum Gasteiger partial charge on any atom is 0.0431 e. The van der Waals surface area contributed by atoms with Crippen LogP contribution in [-0.2, 0) is 6.54 Å². The lowest BCUT2D eigenvalue weighted by Gasteiger charge is -2.25. The molecule has 0 spiro atoms. The first-order valence-corrected chi connectivity index (χ1v) is 7.52. The lowest BCUT2D eigenvalue weighted by molar-refractivity contribution is 0.236. The molecule has 1 fully saturated rings. The van der Waals surface area contributed by atoms with Crippen molar-refractivity contribution in [3.63, 3.8) is 0 Å². The predicted octanol–water partition coefficient (Wildman–Crippen LogP) is 3.45. The molecule has 2 rings (SSSR count). The minimum absolute atomic E-state index is 0.261. The molecule has 106 valence electrons. The van der Waals surface area contributed by atoms with Crippen molar-refractivity contribution in [2.45, 2.75) is 52.0 Å². The number of benzene rings is 1. The van der Waals surface area contributed by atoms with Crippen LogP contribution in [0, 0.1) is 5.41 Å².